The SMILES string of the molecule is CN(C(=O)c1ccc(N2CCC(CN3CCC4(CC3)CCN(c3nccc(COc5ccc(C(C)(C)c6cc(Cl)cc(C#N)c6)cc5)n3)CC4)C2)cc1C=O)C1CCC(=O)NC1=O. The Morgan fingerprint density at radius 1 is 0.968 bits per heavy atom. The lowest BCUT2D eigenvalue weighted by atomic mass is 9.71. The van der Waals surface area contributed by atoms with Gasteiger partial charge in [0, 0.05) is 74.1 Å². The van der Waals surface area contributed by atoms with Gasteiger partial charge in [0.1, 0.15) is 18.4 Å². The first-order valence-corrected chi connectivity index (χ1v) is 22.4. The monoisotopic (exact) mass is 870 g/mol. The predicted octanol–water partition coefficient (Wildman–Crippen LogP) is 6.81. The molecule has 4 aliphatic rings. The van der Waals surface area contributed by atoms with Crippen LogP contribution in [0.1, 0.15) is 102 Å². The average Bonchev–Trinajstić information content (AvgIpc) is 3.77. The number of anilines is 2. The minimum Gasteiger partial charge on any atom is -0.487 e. The van der Waals surface area contributed by atoms with Crippen molar-refractivity contribution in [1.29, 1.82) is 5.26 Å². The number of piperidine rings is 3. The van der Waals surface area contributed by atoms with Crippen LogP contribution >= 0.6 is 11.6 Å². The van der Waals surface area contributed by atoms with E-state index in [2.05, 4.69) is 57.0 Å². The number of nitrogens with zero attached hydrogens (tertiary/aromatic N) is 7. The molecule has 328 valence electrons. The quantitative estimate of drug-likeness (QED) is 0.118. The van der Waals surface area contributed by atoms with Crippen LogP contribution < -0.4 is 19.9 Å². The maximum Gasteiger partial charge on any atom is 0.255 e. The van der Waals surface area contributed by atoms with E-state index in [4.69, 9.17) is 21.3 Å². The number of imide groups is 1. The number of likely N-dealkylation sites (tertiary alicyclic amines) is 1. The van der Waals surface area contributed by atoms with Crippen LogP contribution in [0, 0.1) is 22.7 Å². The summed E-state index contributed by atoms with van der Waals surface area (Å²) in [6.45, 7) is 11.4. The molecule has 4 fully saturated rings. The molecule has 2 atom stereocenters. The first-order valence-electron chi connectivity index (χ1n) is 22.0. The smallest absolute Gasteiger partial charge is 0.255 e. The van der Waals surface area contributed by atoms with Gasteiger partial charge in [0.25, 0.3) is 5.91 Å². The maximum absolute atomic E-state index is 13.4. The van der Waals surface area contributed by atoms with E-state index in [1.165, 1.54) is 24.8 Å². The summed E-state index contributed by atoms with van der Waals surface area (Å²) in [5, 5.41) is 12.3. The van der Waals surface area contributed by atoms with Gasteiger partial charge in [-0.2, -0.15) is 5.26 Å². The molecular weight excluding hydrogens is 816 g/mol. The molecule has 3 aromatic carbocycles. The summed E-state index contributed by atoms with van der Waals surface area (Å²) in [4.78, 5) is 67.6. The highest BCUT2D eigenvalue weighted by Gasteiger charge is 2.39. The predicted molar refractivity (Wildman–Crippen MR) is 241 cm³/mol. The normalized spacial score (nSPS) is 20.3. The highest BCUT2D eigenvalue weighted by molar-refractivity contribution is 6.30. The van der Waals surface area contributed by atoms with Crippen molar-refractivity contribution < 1.29 is 23.9 Å². The lowest BCUT2D eigenvalue weighted by Crippen LogP contribution is -2.53. The summed E-state index contributed by atoms with van der Waals surface area (Å²) in [7, 11) is 1.54. The third kappa shape index (κ3) is 9.72. The van der Waals surface area contributed by atoms with Crippen molar-refractivity contribution in [1.82, 2.24) is 25.1 Å². The lowest BCUT2D eigenvalue weighted by molar-refractivity contribution is -0.136. The number of hydrogen-bond acceptors (Lipinski definition) is 11. The van der Waals surface area contributed by atoms with Crippen LogP contribution in [-0.4, -0.2) is 103 Å². The molecule has 2 unspecified atom stereocenters. The number of carbonyl (C=O) groups excluding carboxylic acids is 4. The van der Waals surface area contributed by atoms with Gasteiger partial charge in [-0.3, -0.25) is 24.5 Å². The minimum atomic E-state index is -0.753. The molecule has 3 amide bonds. The summed E-state index contributed by atoms with van der Waals surface area (Å²) in [6, 6.07) is 22.3. The number of amides is 3. The number of hydrogen-bond donors (Lipinski definition) is 1. The Morgan fingerprint density at radius 2 is 1.71 bits per heavy atom. The van der Waals surface area contributed by atoms with E-state index in [1.54, 1.807) is 18.2 Å². The summed E-state index contributed by atoms with van der Waals surface area (Å²) in [5.74, 6) is 0.775. The average molecular weight is 871 g/mol. The van der Waals surface area contributed by atoms with Gasteiger partial charge in [-0.1, -0.05) is 37.6 Å². The molecule has 8 rings (SSSR count). The van der Waals surface area contributed by atoms with Gasteiger partial charge in [0.2, 0.25) is 17.8 Å². The van der Waals surface area contributed by atoms with E-state index in [-0.39, 0.29) is 29.7 Å². The fourth-order valence-electron chi connectivity index (χ4n) is 9.82. The number of carbonyl (C=O) groups is 4. The Bertz CT molecular complexity index is 2400. The van der Waals surface area contributed by atoms with Gasteiger partial charge in [0.15, 0.2) is 6.29 Å². The number of likely N-dealkylation sites (N-methyl/N-ethyl adjacent to an activating group) is 1. The van der Waals surface area contributed by atoms with Crippen LogP contribution in [0.4, 0.5) is 11.6 Å². The molecule has 4 aromatic rings. The van der Waals surface area contributed by atoms with Crippen LogP contribution in [0.2, 0.25) is 5.02 Å². The molecule has 13 nitrogen and oxygen atoms in total. The second-order valence-corrected chi connectivity index (χ2v) is 18.7. The van der Waals surface area contributed by atoms with Crippen LogP contribution in [0.3, 0.4) is 0 Å². The highest BCUT2D eigenvalue weighted by Crippen LogP contribution is 2.42. The largest absolute Gasteiger partial charge is 0.487 e. The standard InChI is InChI=1S/C49H55ClN8O5/c1-48(2,37-24-34(28-51)25-38(50)27-37)36-4-7-41(8-5-36)63-32-39-12-18-52-47(53-39)57-22-16-49(17-23-57)14-20-56(21-15-49)29-33-13-19-58(30-33)40-6-9-42(35(26-40)31-59)46(62)55(3)43-10-11-44(60)54-45(43)61/h4-9,12,18,24-27,31,33,43H,10-11,13-17,19-23,29-30,32H2,1-3H3,(H,54,60,61). The Morgan fingerprint density at radius 3 is 2.43 bits per heavy atom. The van der Waals surface area contributed by atoms with Crippen molar-refractivity contribution >= 4 is 47.2 Å². The van der Waals surface area contributed by atoms with Crippen LogP contribution in [0.15, 0.2) is 72.9 Å². The van der Waals surface area contributed by atoms with E-state index in [0.717, 1.165) is 99.3 Å². The molecule has 0 aliphatic carbocycles. The fraction of sp³-hybridized carbons (Fsp3) is 0.449. The maximum atomic E-state index is 13.4. The Balaban J connectivity index is 0.783. The van der Waals surface area contributed by atoms with Crippen molar-refractivity contribution in [3.05, 3.63) is 111 Å². The van der Waals surface area contributed by atoms with Crippen molar-refractivity contribution in [2.24, 2.45) is 11.3 Å². The third-order valence-electron chi connectivity index (χ3n) is 14.0. The molecule has 1 N–H and O–H groups in total. The number of rotatable bonds is 12. The zero-order valence-corrected chi connectivity index (χ0v) is 37.1. The number of aldehydes is 1. The molecule has 14 heteroatoms. The summed E-state index contributed by atoms with van der Waals surface area (Å²) < 4.78 is 6.17. The van der Waals surface area contributed by atoms with Crippen molar-refractivity contribution in [3.63, 3.8) is 0 Å². The van der Waals surface area contributed by atoms with Gasteiger partial charge in [-0.05, 0) is 129 Å². The molecule has 63 heavy (non-hydrogen) atoms. The first kappa shape index (κ1) is 43.8. The minimum absolute atomic E-state index is 0.171. The number of benzene rings is 3. The van der Waals surface area contributed by atoms with Gasteiger partial charge in [-0.15, -0.1) is 0 Å². The van der Waals surface area contributed by atoms with Crippen molar-refractivity contribution in [2.75, 3.05) is 62.7 Å². The Hall–Kier alpha value is -5.84. The van der Waals surface area contributed by atoms with Gasteiger partial charge in [-0.25, -0.2) is 9.97 Å². The van der Waals surface area contributed by atoms with E-state index in [0.29, 0.717) is 40.4 Å². The zero-order valence-electron chi connectivity index (χ0n) is 36.3. The van der Waals surface area contributed by atoms with E-state index >= 15 is 0 Å². The molecule has 1 aromatic heterocycles. The topological polar surface area (TPSA) is 152 Å². The van der Waals surface area contributed by atoms with Crippen LogP contribution in [0.25, 0.3) is 0 Å². The van der Waals surface area contributed by atoms with Crippen LogP contribution in [-0.2, 0) is 21.6 Å². The molecular formula is C49H55ClN8O5. The second kappa shape index (κ2) is 18.5. The number of aromatic nitrogens is 2. The Kier molecular flexibility index (Phi) is 12.8. The Labute approximate surface area is 374 Å². The van der Waals surface area contributed by atoms with E-state index in [9.17, 15) is 24.4 Å². The number of nitriles is 1. The molecule has 0 bridgehead atoms. The number of nitrogens with one attached hydrogen (secondary N) is 1. The summed E-state index contributed by atoms with van der Waals surface area (Å²) in [5.41, 5.74) is 4.91. The molecule has 4 aliphatic heterocycles. The van der Waals surface area contributed by atoms with E-state index in [1.807, 2.05) is 42.6 Å². The molecule has 0 radical (unpaired) electrons. The third-order valence-corrected chi connectivity index (χ3v) is 14.2. The van der Waals surface area contributed by atoms with Crippen molar-refractivity contribution in [2.45, 2.75) is 76.9 Å². The van der Waals surface area contributed by atoms with Crippen LogP contribution in [0.5, 0.6) is 5.75 Å². The van der Waals surface area contributed by atoms with Crippen molar-refractivity contribution in [3.8, 4) is 11.8 Å². The number of halogens is 1. The highest BCUT2D eigenvalue weighted by atomic mass is 35.5. The zero-order chi connectivity index (χ0) is 44.3. The lowest BCUT2D eigenvalue weighted by Gasteiger charge is -2.47. The number of ether oxygens (including phenoxy) is 1. The fourth-order valence-corrected chi connectivity index (χ4v) is 10.1. The molecule has 0 saturated carbocycles. The van der Waals surface area contributed by atoms with Gasteiger partial charge >= 0.3 is 0 Å². The summed E-state index contributed by atoms with van der Waals surface area (Å²) >= 11 is 6.31. The van der Waals surface area contributed by atoms with Gasteiger partial charge < -0.3 is 24.3 Å². The van der Waals surface area contributed by atoms with Gasteiger partial charge in [0.05, 0.1) is 22.9 Å². The first-order chi connectivity index (χ1) is 30.3. The summed E-state index contributed by atoms with van der Waals surface area (Å²) in [6.07, 6.45) is 8.65. The molecule has 4 saturated heterocycles. The second-order valence-electron chi connectivity index (χ2n) is 18.3. The molecule has 1 spiro atoms. The van der Waals surface area contributed by atoms with E-state index < -0.39 is 17.9 Å². The molecule has 5 heterocycles.